The SMILES string of the molecule is O=C(c1ccccc1)N1C[C@H]2[C@@H](c3ccccc31)[C@H](CO)N2C(=O)Nc1ccccc1Cl. The van der Waals surface area contributed by atoms with Gasteiger partial charge in [0.25, 0.3) is 5.91 Å². The van der Waals surface area contributed by atoms with E-state index in [1.807, 2.05) is 42.5 Å². The summed E-state index contributed by atoms with van der Waals surface area (Å²) in [6.45, 7) is 0.180. The number of amides is 3. The van der Waals surface area contributed by atoms with Crippen LogP contribution in [0.1, 0.15) is 21.8 Å². The van der Waals surface area contributed by atoms with Gasteiger partial charge in [0, 0.05) is 23.7 Å². The van der Waals surface area contributed by atoms with Gasteiger partial charge in [-0.05, 0) is 35.9 Å². The Kier molecular flexibility index (Phi) is 5.33. The molecule has 32 heavy (non-hydrogen) atoms. The predicted octanol–water partition coefficient (Wildman–Crippen LogP) is 4.36. The van der Waals surface area contributed by atoms with Crippen LogP contribution in [0.2, 0.25) is 5.02 Å². The number of fused-ring (bicyclic) bond motifs is 3. The maximum atomic E-state index is 13.3. The Morgan fingerprint density at radius 3 is 2.41 bits per heavy atom. The van der Waals surface area contributed by atoms with Crippen LogP contribution in [0.4, 0.5) is 16.2 Å². The third-order valence-corrected chi connectivity index (χ3v) is 6.63. The van der Waals surface area contributed by atoms with Gasteiger partial charge in [-0.25, -0.2) is 4.79 Å². The zero-order valence-electron chi connectivity index (χ0n) is 17.2. The second-order valence-corrected chi connectivity index (χ2v) is 8.41. The fourth-order valence-corrected chi connectivity index (χ4v) is 5.02. The summed E-state index contributed by atoms with van der Waals surface area (Å²) >= 11 is 6.21. The minimum Gasteiger partial charge on any atom is -0.394 e. The van der Waals surface area contributed by atoms with Crippen molar-refractivity contribution >= 4 is 34.9 Å². The number of anilines is 2. The number of nitrogens with one attached hydrogen (secondary N) is 1. The first-order valence-corrected chi connectivity index (χ1v) is 10.9. The standard InChI is InChI=1S/C25H22ClN3O3/c26-18-11-5-6-12-19(18)27-25(32)29-21-14-28(24(31)16-8-2-1-3-9-16)20-13-7-4-10-17(20)23(21)22(29)15-30/h1-13,21-23,30H,14-15H2,(H,27,32)/t21-,22-,23+/m0/s1. The third kappa shape index (κ3) is 3.32. The van der Waals surface area contributed by atoms with Crippen molar-refractivity contribution in [3.63, 3.8) is 0 Å². The average Bonchev–Trinajstić information content (AvgIpc) is 2.81. The van der Waals surface area contributed by atoms with E-state index >= 15 is 0 Å². The van der Waals surface area contributed by atoms with Crippen LogP contribution in [-0.2, 0) is 0 Å². The van der Waals surface area contributed by atoms with Crippen molar-refractivity contribution in [1.82, 2.24) is 4.90 Å². The number of aliphatic hydroxyl groups excluding tert-OH is 1. The van der Waals surface area contributed by atoms with E-state index in [1.165, 1.54) is 0 Å². The molecule has 0 radical (unpaired) electrons. The minimum absolute atomic E-state index is 0.0481. The molecular weight excluding hydrogens is 426 g/mol. The lowest BCUT2D eigenvalue weighted by molar-refractivity contribution is -0.00265. The van der Waals surface area contributed by atoms with Crippen LogP contribution in [-0.4, -0.2) is 47.2 Å². The summed E-state index contributed by atoms with van der Waals surface area (Å²) in [6.07, 6.45) is 0. The zero-order chi connectivity index (χ0) is 22.2. The molecule has 6 nitrogen and oxygen atoms in total. The summed E-state index contributed by atoms with van der Waals surface area (Å²) < 4.78 is 0. The molecule has 2 heterocycles. The molecule has 0 unspecified atom stereocenters. The number of nitrogens with zero attached hydrogens (tertiary/aromatic N) is 2. The molecule has 2 aliphatic heterocycles. The van der Waals surface area contributed by atoms with Crippen LogP contribution >= 0.6 is 11.6 Å². The van der Waals surface area contributed by atoms with Gasteiger partial charge in [-0.3, -0.25) is 4.79 Å². The molecule has 0 aliphatic carbocycles. The van der Waals surface area contributed by atoms with Crippen LogP contribution < -0.4 is 10.2 Å². The number of hydrogen-bond donors (Lipinski definition) is 2. The summed E-state index contributed by atoms with van der Waals surface area (Å²) in [5.41, 5.74) is 2.89. The molecule has 5 rings (SSSR count). The van der Waals surface area contributed by atoms with Crippen LogP contribution in [0.3, 0.4) is 0 Å². The Morgan fingerprint density at radius 1 is 0.969 bits per heavy atom. The first kappa shape index (κ1) is 20.5. The van der Waals surface area contributed by atoms with Gasteiger partial charge in [0.15, 0.2) is 0 Å². The second kappa shape index (κ2) is 8.30. The molecule has 3 atom stereocenters. The highest BCUT2D eigenvalue weighted by molar-refractivity contribution is 6.33. The number of carbonyl (C=O) groups excluding carboxylic acids is 2. The van der Waals surface area contributed by atoms with Crippen molar-refractivity contribution in [3.8, 4) is 0 Å². The van der Waals surface area contributed by atoms with Gasteiger partial charge in [0.2, 0.25) is 0 Å². The second-order valence-electron chi connectivity index (χ2n) is 8.00. The van der Waals surface area contributed by atoms with Gasteiger partial charge in [0.1, 0.15) is 0 Å². The van der Waals surface area contributed by atoms with Crippen molar-refractivity contribution < 1.29 is 14.7 Å². The van der Waals surface area contributed by atoms with E-state index < -0.39 is 0 Å². The number of likely N-dealkylation sites (tertiary alicyclic amines) is 1. The molecule has 2 N–H and O–H groups in total. The topological polar surface area (TPSA) is 72.9 Å². The van der Waals surface area contributed by atoms with Gasteiger partial charge in [0.05, 0.1) is 29.4 Å². The Bertz CT molecular complexity index is 1170. The molecule has 1 saturated heterocycles. The molecule has 0 saturated carbocycles. The van der Waals surface area contributed by atoms with Crippen molar-refractivity contribution in [3.05, 3.63) is 95.0 Å². The fourth-order valence-electron chi connectivity index (χ4n) is 4.84. The molecular formula is C25H22ClN3O3. The van der Waals surface area contributed by atoms with Gasteiger partial charge in [-0.2, -0.15) is 0 Å². The molecule has 0 bridgehead atoms. The van der Waals surface area contributed by atoms with Crippen LogP contribution in [0.25, 0.3) is 0 Å². The molecule has 0 aromatic heterocycles. The number of carbonyl (C=O) groups is 2. The number of rotatable bonds is 3. The van der Waals surface area contributed by atoms with E-state index in [9.17, 15) is 14.7 Å². The molecule has 3 aromatic carbocycles. The molecule has 3 aromatic rings. The lowest BCUT2D eigenvalue weighted by Crippen LogP contribution is -2.71. The average molecular weight is 448 g/mol. The van der Waals surface area contributed by atoms with Gasteiger partial charge < -0.3 is 20.2 Å². The number of hydrogen-bond acceptors (Lipinski definition) is 3. The Morgan fingerprint density at radius 2 is 1.66 bits per heavy atom. The smallest absolute Gasteiger partial charge is 0.322 e. The summed E-state index contributed by atoms with van der Waals surface area (Å²) in [5, 5.41) is 13.4. The van der Waals surface area contributed by atoms with Gasteiger partial charge in [-0.1, -0.05) is 60.1 Å². The van der Waals surface area contributed by atoms with Crippen molar-refractivity contribution in [2.24, 2.45) is 0 Å². The van der Waals surface area contributed by atoms with Crippen molar-refractivity contribution in [1.29, 1.82) is 0 Å². The molecule has 1 fully saturated rings. The maximum Gasteiger partial charge on any atom is 0.322 e. The highest BCUT2D eigenvalue weighted by atomic mass is 35.5. The first-order chi connectivity index (χ1) is 15.6. The molecule has 162 valence electrons. The largest absolute Gasteiger partial charge is 0.394 e. The number of aliphatic hydroxyl groups is 1. The Hall–Kier alpha value is -3.35. The normalized spacial score (nSPS) is 21.2. The summed E-state index contributed by atoms with van der Waals surface area (Å²) in [5.74, 6) is -0.163. The number of benzene rings is 3. The van der Waals surface area contributed by atoms with Crippen LogP contribution in [0, 0.1) is 0 Å². The maximum absolute atomic E-state index is 13.3. The lowest BCUT2D eigenvalue weighted by atomic mass is 9.72. The minimum atomic E-state index is -0.377. The number of urea groups is 1. The zero-order valence-corrected chi connectivity index (χ0v) is 17.9. The van der Waals surface area contributed by atoms with Gasteiger partial charge >= 0.3 is 6.03 Å². The van der Waals surface area contributed by atoms with Crippen LogP contribution in [0.15, 0.2) is 78.9 Å². The van der Waals surface area contributed by atoms with E-state index in [0.717, 1.165) is 11.3 Å². The summed E-state index contributed by atoms with van der Waals surface area (Å²) in [7, 11) is 0. The van der Waals surface area contributed by atoms with E-state index in [4.69, 9.17) is 11.6 Å². The van der Waals surface area contributed by atoms with Gasteiger partial charge in [-0.15, -0.1) is 0 Å². The Labute approximate surface area is 191 Å². The predicted molar refractivity (Wildman–Crippen MR) is 124 cm³/mol. The summed E-state index contributed by atoms with van der Waals surface area (Å²) in [4.78, 5) is 29.9. The molecule has 7 heteroatoms. The molecule has 2 aliphatic rings. The van der Waals surface area contributed by atoms with Crippen molar-refractivity contribution in [2.75, 3.05) is 23.4 Å². The lowest BCUT2D eigenvalue weighted by Gasteiger charge is -2.58. The van der Waals surface area contributed by atoms with E-state index in [1.54, 1.807) is 46.2 Å². The molecule has 3 amide bonds. The first-order valence-electron chi connectivity index (χ1n) is 10.5. The van der Waals surface area contributed by atoms with E-state index in [2.05, 4.69) is 5.32 Å². The fraction of sp³-hybridized carbons (Fsp3) is 0.200. The number of halogens is 1. The third-order valence-electron chi connectivity index (χ3n) is 6.30. The number of para-hydroxylation sites is 2. The van der Waals surface area contributed by atoms with Crippen molar-refractivity contribution in [2.45, 2.75) is 18.0 Å². The molecule has 0 spiro atoms. The highest BCUT2D eigenvalue weighted by Crippen LogP contribution is 2.48. The van der Waals surface area contributed by atoms with E-state index in [-0.39, 0.29) is 36.5 Å². The Balaban J connectivity index is 1.48. The highest BCUT2D eigenvalue weighted by Gasteiger charge is 2.55. The van der Waals surface area contributed by atoms with E-state index in [0.29, 0.717) is 22.8 Å². The summed E-state index contributed by atoms with van der Waals surface area (Å²) in [6, 6.07) is 22.9. The quantitative estimate of drug-likeness (QED) is 0.626. The monoisotopic (exact) mass is 447 g/mol. The van der Waals surface area contributed by atoms with Crippen LogP contribution in [0.5, 0.6) is 0 Å².